The summed E-state index contributed by atoms with van der Waals surface area (Å²) in [6.45, 7) is 2.20. The molecule has 1 unspecified atom stereocenters. The molecule has 20 heavy (non-hydrogen) atoms. The minimum Gasteiger partial charge on any atom is -0.493 e. The maximum atomic E-state index is 6.09. The number of hydrogen-bond donors (Lipinski definition) is 1. The molecule has 1 aromatic rings. The van der Waals surface area contributed by atoms with Crippen LogP contribution in [-0.2, 0) is 10.2 Å². The van der Waals surface area contributed by atoms with Crippen LogP contribution in [0.4, 0.5) is 0 Å². The van der Waals surface area contributed by atoms with E-state index >= 15 is 0 Å². The van der Waals surface area contributed by atoms with Gasteiger partial charge in [0.05, 0.1) is 13.7 Å². The van der Waals surface area contributed by atoms with E-state index in [9.17, 15) is 0 Å². The van der Waals surface area contributed by atoms with Gasteiger partial charge in [0.25, 0.3) is 0 Å². The van der Waals surface area contributed by atoms with E-state index in [1.807, 2.05) is 6.07 Å². The van der Waals surface area contributed by atoms with Crippen LogP contribution in [-0.4, -0.2) is 33.0 Å². The maximum Gasteiger partial charge on any atom is 0.161 e. The van der Waals surface area contributed by atoms with Gasteiger partial charge in [0.15, 0.2) is 11.5 Å². The standard InChI is InChI=1S/C16H23NO3/c1-18-14-5-4-12(16(11-17)6-7-16)9-15(14)20-13-3-2-8-19-10-13/h4-5,9,13H,2-3,6-8,10-11,17H2,1H3. The highest BCUT2D eigenvalue weighted by Crippen LogP contribution is 2.49. The highest BCUT2D eigenvalue weighted by molar-refractivity contribution is 5.47. The van der Waals surface area contributed by atoms with E-state index in [1.165, 1.54) is 18.4 Å². The Hall–Kier alpha value is -1.26. The van der Waals surface area contributed by atoms with E-state index in [0.717, 1.165) is 30.9 Å². The molecule has 2 aliphatic rings. The fraction of sp³-hybridized carbons (Fsp3) is 0.625. The Labute approximate surface area is 120 Å². The molecule has 1 saturated carbocycles. The van der Waals surface area contributed by atoms with Gasteiger partial charge in [-0.1, -0.05) is 6.07 Å². The Balaban J connectivity index is 1.81. The number of nitrogens with two attached hydrogens (primary N) is 1. The van der Waals surface area contributed by atoms with Gasteiger partial charge in [-0.2, -0.15) is 0 Å². The molecule has 0 amide bonds. The molecule has 0 radical (unpaired) electrons. The number of methoxy groups -OCH3 is 1. The second kappa shape index (κ2) is 5.62. The third-order valence-electron chi connectivity index (χ3n) is 4.43. The van der Waals surface area contributed by atoms with E-state index in [2.05, 4.69) is 12.1 Å². The fourth-order valence-corrected chi connectivity index (χ4v) is 2.84. The van der Waals surface area contributed by atoms with Crippen LogP contribution < -0.4 is 15.2 Å². The zero-order chi connectivity index (χ0) is 14.0. The van der Waals surface area contributed by atoms with Crippen LogP contribution in [0.2, 0.25) is 0 Å². The van der Waals surface area contributed by atoms with Crippen molar-refractivity contribution in [1.82, 2.24) is 0 Å². The summed E-state index contributed by atoms with van der Waals surface area (Å²) < 4.78 is 17.0. The summed E-state index contributed by atoms with van der Waals surface area (Å²) in [6, 6.07) is 6.21. The summed E-state index contributed by atoms with van der Waals surface area (Å²) >= 11 is 0. The van der Waals surface area contributed by atoms with Crippen LogP contribution in [0.25, 0.3) is 0 Å². The van der Waals surface area contributed by atoms with Crippen LogP contribution in [0.15, 0.2) is 18.2 Å². The molecule has 1 saturated heterocycles. The highest BCUT2D eigenvalue weighted by Gasteiger charge is 2.43. The average molecular weight is 277 g/mol. The third-order valence-corrected chi connectivity index (χ3v) is 4.43. The van der Waals surface area contributed by atoms with Crippen molar-refractivity contribution in [3.8, 4) is 11.5 Å². The molecule has 2 fully saturated rings. The zero-order valence-corrected chi connectivity index (χ0v) is 12.1. The lowest BCUT2D eigenvalue weighted by Crippen LogP contribution is -2.28. The Morgan fingerprint density at radius 3 is 2.80 bits per heavy atom. The average Bonchev–Trinajstić information content (AvgIpc) is 3.29. The highest BCUT2D eigenvalue weighted by atomic mass is 16.5. The van der Waals surface area contributed by atoms with Gasteiger partial charge in [-0.05, 0) is 43.4 Å². The summed E-state index contributed by atoms with van der Waals surface area (Å²) in [5.41, 5.74) is 7.36. The third kappa shape index (κ3) is 2.63. The van der Waals surface area contributed by atoms with Gasteiger partial charge in [-0.25, -0.2) is 0 Å². The zero-order valence-electron chi connectivity index (χ0n) is 12.1. The van der Waals surface area contributed by atoms with E-state index in [-0.39, 0.29) is 11.5 Å². The smallest absolute Gasteiger partial charge is 0.161 e. The van der Waals surface area contributed by atoms with Gasteiger partial charge in [-0.15, -0.1) is 0 Å². The van der Waals surface area contributed by atoms with Gasteiger partial charge in [0.2, 0.25) is 0 Å². The predicted molar refractivity (Wildman–Crippen MR) is 77.4 cm³/mol. The number of rotatable bonds is 5. The lowest BCUT2D eigenvalue weighted by atomic mass is 9.96. The molecule has 0 spiro atoms. The summed E-state index contributed by atoms with van der Waals surface area (Å²) in [5, 5.41) is 0. The number of ether oxygens (including phenoxy) is 3. The molecule has 110 valence electrons. The normalized spacial score (nSPS) is 24.2. The molecule has 1 heterocycles. The molecule has 1 atom stereocenters. The van der Waals surface area contributed by atoms with Crippen LogP contribution in [0.1, 0.15) is 31.2 Å². The minimum absolute atomic E-state index is 0.126. The first-order chi connectivity index (χ1) is 9.77. The quantitative estimate of drug-likeness (QED) is 0.897. The van der Waals surface area contributed by atoms with E-state index < -0.39 is 0 Å². The van der Waals surface area contributed by atoms with Crippen molar-refractivity contribution in [2.45, 2.75) is 37.2 Å². The van der Waals surface area contributed by atoms with Crippen LogP contribution in [0, 0.1) is 0 Å². The van der Waals surface area contributed by atoms with Crippen molar-refractivity contribution >= 4 is 0 Å². The second-order valence-electron chi connectivity index (χ2n) is 5.81. The Morgan fingerprint density at radius 1 is 1.35 bits per heavy atom. The monoisotopic (exact) mass is 277 g/mol. The van der Waals surface area contributed by atoms with Gasteiger partial charge < -0.3 is 19.9 Å². The molecule has 2 N–H and O–H groups in total. The fourth-order valence-electron chi connectivity index (χ4n) is 2.84. The molecular formula is C16H23NO3. The first-order valence-electron chi connectivity index (χ1n) is 7.40. The lowest BCUT2D eigenvalue weighted by Gasteiger charge is -2.25. The SMILES string of the molecule is COc1ccc(C2(CN)CC2)cc1OC1CCCOC1. The van der Waals surface area contributed by atoms with Crippen molar-refractivity contribution in [3.63, 3.8) is 0 Å². The first kappa shape index (κ1) is 13.7. The first-order valence-corrected chi connectivity index (χ1v) is 7.40. The molecule has 4 heteroatoms. The topological polar surface area (TPSA) is 53.7 Å². The Bertz CT molecular complexity index is 465. The van der Waals surface area contributed by atoms with E-state index in [4.69, 9.17) is 19.9 Å². The van der Waals surface area contributed by atoms with Gasteiger partial charge in [0.1, 0.15) is 6.10 Å². The second-order valence-corrected chi connectivity index (χ2v) is 5.81. The minimum atomic E-state index is 0.126. The van der Waals surface area contributed by atoms with Crippen LogP contribution in [0.3, 0.4) is 0 Å². The van der Waals surface area contributed by atoms with Crippen LogP contribution >= 0.6 is 0 Å². The van der Waals surface area contributed by atoms with Crippen molar-refractivity contribution in [2.75, 3.05) is 26.9 Å². The van der Waals surface area contributed by atoms with Crippen molar-refractivity contribution < 1.29 is 14.2 Å². The molecule has 1 aromatic carbocycles. The largest absolute Gasteiger partial charge is 0.493 e. The summed E-state index contributed by atoms with van der Waals surface area (Å²) in [4.78, 5) is 0. The van der Waals surface area contributed by atoms with E-state index in [1.54, 1.807) is 7.11 Å². The molecular weight excluding hydrogens is 254 g/mol. The van der Waals surface area contributed by atoms with Crippen molar-refractivity contribution in [2.24, 2.45) is 5.73 Å². The Morgan fingerprint density at radius 2 is 2.20 bits per heavy atom. The maximum absolute atomic E-state index is 6.09. The van der Waals surface area contributed by atoms with Gasteiger partial charge >= 0.3 is 0 Å². The molecule has 0 aromatic heterocycles. The number of benzene rings is 1. The molecule has 1 aliphatic heterocycles. The van der Waals surface area contributed by atoms with Gasteiger partial charge in [-0.3, -0.25) is 0 Å². The molecule has 0 bridgehead atoms. The number of hydrogen-bond acceptors (Lipinski definition) is 4. The van der Waals surface area contributed by atoms with Crippen molar-refractivity contribution in [1.29, 1.82) is 0 Å². The van der Waals surface area contributed by atoms with Crippen LogP contribution in [0.5, 0.6) is 11.5 Å². The summed E-state index contributed by atoms with van der Waals surface area (Å²) in [7, 11) is 1.68. The Kier molecular flexibility index (Phi) is 3.85. The lowest BCUT2D eigenvalue weighted by molar-refractivity contribution is 0.00639. The summed E-state index contributed by atoms with van der Waals surface area (Å²) in [5.74, 6) is 1.60. The van der Waals surface area contributed by atoms with E-state index in [0.29, 0.717) is 13.2 Å². The molecule has 3 rings (SSSR count). The molecule has 1 aliphatic carbocycles. The van der Waals surface area contributed by atoms with Crippen molar-refractivity contribution in [3.05, 3.63) is 23.8 Å². The van der Waals surface area contributed by atoms with Gasteiger partial charge in [0, 0.05) is 18.6 Å². The summed E-state index contributed by atoms with van der Waals surface area (Å²) in [6.07, 6.45) is 4.55. The molecule has 4 nitrogen and oxygen atoms in total. The predicted octanol–water partition coefficient (Wildman–Crippen LogP) is 2.24.